The summed E-state index contributed by atoms with van der Waals surface area (Å²) in [6.07, 6.45) is 1.15. The van der Waals surface area contributed by atoms with Gasteiger partial charge in [-0.25, -0.2) is 0 Å². The van der Waals surface area contributed by atoms with Gasteiger partial charge in [0.2, 0.25) is 6.79 Å². The van der Waals surface area contributed by atoms with Crippen LogP contribution < -0.4 is 9.47 Å². The zero-order chi connectivity index (χ0) is 13.2. The second-order valence-corrected chi connectivity index (χ2v) is 5.63. The maximum absolute atomic E-state index is 6.28. The number of rotatable bonds is 4. The van der Waals surface area contributed by atoms with E-state index in [1.165, 1.54) is 0 Å². The first-order valence-electron chi connectivity index (χ1n) is 6.56. The molecule has 1 saturated heterocycles. The molecule has 2 aliphatic rings. The van der Waals surface area contributed by atoms with Gasteiger partial charge in [-0.15, -0.1) is 0 Å². The van der Waals surface area contributed by atoms with Crippen LogP contribution in [-0.4, -0.2) is 38.5 Å². The first-order valence-corrected chi connectivity index (χ1v) is 6.94. The van der Waals surface area contributed by atoms with Crippen molar-refractivity contribution < 1.29 is 14.2 Å². The average molecular weight is 284 g/mol. The van der Waals surface area contributed by atoms with E-state index < -0.39 is 0 Å². The summed E-state index contributed by atoms with van der Waals surface area (Å²) in [7, 11) is 2.11. The molecule has 2 aliphatic heterocycles. The highest BCUT2D eigenvalue weighted by molar-refractivity contribution is 6.31. The molecular weight excluding hydrogens is 266 g/mol. The van der Waals surface area contributed by atoms with Gasteiger partial charge in [-0.2, -0.15) is 0 Å². The predicted molar refractivity (Wildman–Crippen MR) is 72.8 cm³/mol. The summed E-state index contributed by atoms with van der Waals surface area (Å²) in [4.78, 5) is 2.28. The van der Waals surface area contributed by atoms with Crippen molar-refractivity contribution in [1.29, 1.82) is 0 Å². The van der Waals surface area contributed by atoms with Gasteiger partial charge < -0.3 is 19.1 Å². The van der Waals surface area contributed by atoms with E-state index in [-0.39, 0.29) is 6.79 Å². The molecule has 2 heterocycles. The van der Waals surface area contributed by atoms with Gasteiger partial charge in [-0.1, -0.05) is 11.6 Å². The van der Waals surface area contributed by atoms with Crippen molar-refractivity contribution in [2.24, 2.45) is 5.92 Å². The lowest BCUT2D eigenvalue weighted by atomic mass is 10.1. The zero-order valence-corrected chi connectivity index (χ0v) is 11.8. The standard InChI is InChI=1S/C14H18ClNO3/c1-16(6-10-2-3-17-8-10)7-11-4-13-14(5-12(11)15)19-9-18-13/h4-5,10H,2-3,6-9H2,1H3/t10-/m1/s1. The predicted octanol–water partition coefficient (Wildman–Crippen LogP) is 2.54. The van der Waals surface area contributed by atoms with Gasteiger partial charge in [0.1, 0.15) is 0 Å². The number of hydrogen-bond donors (Lipinski definition) is 0. The molecule has 0 saturated carbocycles. The van der Waals surface area contributed by atoms with E-state index in [4.69, 9.17) is 25.8 Å². The second-order valence-electron chi connectivity index (χ2n) is 5.22. The zero-order valence-electron chi connectivity index (χ0n) is 11.0. The molecule has 0 amide bonds. The lowest BCUT2D eigenvalue weighted by molar-refractivity contribution is 0.172. The summed E-state index contributed by atoms with van der Waals surface area (Å²) in [5, 5.41) is 0.735. The minimum Gasteiger partial charge on any atom is -0.454 e. The van der Waals surface area contributed by atoms with Crippen molar-refractivity contribution in [2.75, 3.05) is 33.6 Å². The molecule has 0 spiro atoms. The van der Waals surface area contributed by atoms with Crippen LogP contribution in [0.4, 0.5) is 0 Å². The number of hydrogen-bond acceptors (Lipinski definition) is 4. The smallest absolute Gasteiger partial charge is 0.231 e. The second kappa shape index (κ2) is 5.57. The Labute approximate surface area is 118 Å². The normalized spacial score (nSPS) is 21.3. The lowest BCUT2D eigenvalue weighted by Gasteiger charge is -2.20. The first kappa shape index (κ1) is 13.0. The number of benzene rings is 1. The minimum atomic E-state index is 0.282. The summed E-state index contributed by atoms with van der Waals surface area (Å²) in [5.41, 5.74) is 1.08. The van der Waals surface area contributed by atoms with Gasteiger partial charge in [0.25, 0.3) is 0 Å². The number of nitrogens with zero attached hydrogens (tertiary/aromatic N) is 1. The third kappa shape index (κ3) is 2.96. The van der Waals surface area contributed by atoms with Crippen LogP contribution >= 0.6 is 11.6 Å². The molecule has 3 rings (SSSR count). The van der Waals surface area contributed by atoms with E-state index in [0.29, 0.717) is 5.92 Å². The summed E-state index contributed by atoms with van der Waals surface area (Å²) >= 11 is 6.28. The van der Waals surface area contributed by atoms with E-state index in [1.54, 1.807) is 0 Å². The van der Waals surface area contributed by atoms with Crippen molar-refractivity contribution in [1.82, 2.24) is 4.90 Å². The molecule has 1 atom stereocenters. The molecular formula is C14H18ClNO3. The number of fused-ring (bicyclic) bond motifs is 1. The Morgan fingerprint density at radius 3 is 2.84 bits per heavy atom. The molecule has 1 fully saturated rings. The van der Waals surface area contributed by atoms with Crippen LogP contribution in [0.3, 0.4) is 0 Å². The molecule has 0 aliphatic carbocycles. The van der Waals surface area contributed by atoms with Crippen molar-refractivity contribution in [3.05, 3.63) is 22.7 Å². The largest absolute Gasteiger partial charge is 0.454 e. The van der Waals surface area contributed by atoms with Gasteiger partial charge in [0.05, 0.1) is 6.61 Å². The highest BCUT2D eigenvalue weighted by atomic mass is 35.5. The van der Waals surface area contributed by atoms with Crippen molar-refractivity contribution >= 4 is 11.6 Å². The van der Waals surface area contributed by atoms with Gasteiger partial charge >= 0.3 is 0 Å². The van der Waals surface area contributed by atoms with Gasteiger partial charge in [-0.05, 0) is 31.0 Å². The average Bonchev–Trinajstić information content (AvgIpc) is 3.00. The number of ether oxygens (including phenoxy) is 3. The fourth-order valence-electron chi connectivity index (χ4n) is 2.60. The molecule has 0 bridgehead atoms. The van der Waals surface area contributed by atoms with Gasteiger partial charge in [-0.3, -0.25) is 0 Å². The SMILES string of the molecule is CN(Cc1cc2c(cc1Cl)OCO2)C[C@H]1CCOC1. The quantitative estimate of drug-likeness (QED) is 0.850. The molecule has 0 N–H and O–H groups in total. The molecule has 0 radical (unpaired) electrons. The van der Waals surface area contributed by atoms with Crippen molar-refractivity contribution in [2.45, 2.75) is 13.0 Å². The maximum Gasteiger partial charge on any atom is 0.231 e. The van der Waals surface area contributed by atoms with Crippen LogP contribution in [0.25, 0.3) is 0 Å². The van der Waals surface area contributed by atoms with Gasteiger partial charge in [0.15, 0.2) is 11.5 Å². The molecule has 104 valence electrons. The molecule has 19 heavy (non-hydrogen) atoms. The third-order valence-corrected chi connectivity index (χ3v) is 3.93. The van der Waals surface area contributed by atoms with Crippen LogP contribution in [0.1, 0.15) is 12.0 Å². The van der Waals surface area contributed by atoms with E-state index >= 15 is 0 Å². The summed E-state index contributed by atoms with van der Waals surface area (Å²) in [6.45, 7) is 3.89. The van der Waals surface area contributed by atoms with Crippen molar-refractivity contribution in [3.63, 3.8) is 0 Å². The van der Waals surface area contributed by atoms with Gasteiger partial charge in [0, 0.05) is 30.8 Å². The molecule has 1 aromatic rings. The van der Waals surface area contributed by atoms with Crippen LogP contribution in [0.5, 0.6) is 11.5 Å². The van der Waals surface area contributed by atoms with E-state index in [2.05, 4.69) is 11.9 Å². The summed E-state index contributed by atoms with van der Waals surface area (Å²) in [5.74, 6) is 2.16. The highest BCUT2D eigenvalue weighted by Crippen LogP contribution is 2.37. The maximum atomic E-state index is 6.28. The van der Waals surface area contributed by atoms with Crippen LogP contribution in [0, 0.1) is 5.92 Å². The topological polar surface area (TPSA) is 30.9 Å². The van der Waals surface area contributed by atoms with Crippen LogP contribution in [0.2, 0.25) is 5.02 Å². The summed E-state index contributed by atoms with van der Waals surface area (Å²) < 4.78 is 16.1. The third-order valence-electron chi connectivity index (χ3n) is 3.58. The summed E-state index contributed by atoms with van der Waals surface area (Å²) in [6, 6.07) is 3.82. The van der Waals surface area contributed by atoms with Crippen LogP contribution in [-0.2, 0) is 11.3 Å². The molecule has 0 aromatic heterocycles. The Kier molecular flexibility index (Phi) is 3.82. The van der Waals surface area contributed by atoms with E-state index in [9.17, 15) is 0 Å². The highest BCUT2D eigenvalue weighted by Gasteiger charge is 2.20. The van der Waals surface area contributed by atoms with Crippen molar-refractivity contribution in [3.8, 4) is 11.5 Å². The monoisotopic (exact) mass is 283 g/mol. The Morgan fingerprint density at radius 2 is 2.11 bits per heavy atom. The Balaban J connectivity index is 1.65. The van der Waals surface area contributed by atoms with E-state index in [0.717, 1.165) is 54.8 Å². The van der Waals surface area contributed by atoms with Crippen LogP contribution in [0.15, 0.2) is 12.1 Å². The Morgan fingerprint density at radius 1 is 1.32 bits per heavy atom. The minimum absolute atomic E-state index is 0.282. The first-order chi connectivity index (χ1) is 9.22. The Hall–Kier alpha value is -0.970. The lowest BCUT2D eigenvalue weighted by Crippen LogP contribution is -2.25. The fraction of sp³-hybridized carbons (Fsp3) is 0.571. The number of halogens is 1. The fourth-order valence-corrected chi connectivity index (χ4v) is 2.82. The molecule has 1 aromatic carbocycles. The Bertz CT molecular complexity index is 460. The molecule has 0 unspecified atom stereocenters. The molecule has 4 nitrogen and oxygen atoms in total. The van der Waals surface area contributed by atoms with E-state index in [1.807, 2.05) is 12.1 Å². The molecule has 5 heteroatoms.